The third-order valence-corrected chi connectivity index (χ3v) is 5.14. The van der Waals surface area contributed by atoms with E-state index in [1.54, 1.807) is 6.92 Å². The summed E-state index contributed by atoms with van der Waals surface area (Å²) in [4.78, 5) is 37.2. The first-order valence-electron chi connectivity index (χ1n) is 8.76. The first-order valence-corrected chi connectivity index (χ1v) is 8.76. The van der Waals surface area contributed by atoms with E-state index in [1.165, 1.54) is 29.2 Å². The molecular formula is C21H17N3O4. The molecule has 3 amide bonds. The number of carbonyl (C=O) groups excluding carboxylic acids is 2. The number of imide groups is 1. The van der Waals surface area contributed by atoms with Crippen LogP contribution in [0.25, 0.3) is 10.8 Å². The number of non-ortho nitro benzene ring substituents is 1. The molecule has 7 heteroatoms. The van der Waals surface area contributed by atoms with Gasteiger partial charge in [0, 0.05) is 12.1 Å². The number of hydrogen-bond donors (Lipinski definition) is 1. The summed E-state index contributed by atoms with van der Waals surface area (Å²) in [6, 6.07) is 18.7. The minimum Gasteiger partial charge on any atom is -0.319 e. The van der Waals surface area contributed by atoms with Crippen molar-refractivity contribution in [2.75, 3.05) is 0 Å². The largest absolute Gasteiger partial charge is 0.325 e. The summed E-state index contributed by atoms with van der Waals surface area (Å²) in [7, 11) is 0. The summed E-state index contributed by atoms with van der Waals surface area (Å²) >= 11 is 0. The van der Waals surface area contributed by atoms with Crippen molar-refractivity contribution in [2.45, 2.75) is 19.0 Å². The van der Waals surface area contributed by atoms with Crippen LogP contribution in [0.3, 0.4) is 0 Å². The van der Waals surface area contributed by atoms with Crippen molar-refractivity contribution in [2.24, 2.45) is 0 Å². The van der Waals surface area contributed by atoms with Crippen LogP contribution in [-0.2, 0) is 16.9 Å². The average Bonchev–Trinajstić information content (AvgIpc) is 2.92. The van der Waals surface area contributed by atoms with Crippen molar-refractivity contribution in [1.82, 2.24) is 10.2 Å². The number of hydrogen-bond acceptors (Lipinski definition) is 4. The molecule has 0 aliphatic carbocycles. The minimum absolute atomic E-state index is 0.0725. The molecule has 4 rings (SSSR count). The fraction of sp³-hybridized carbons (Fsp3) is 0.143. The van der Waals surface area contributed by atoms with E-state index in [0.29, 0.717) is 5.56 Å². The molecule has 0 saturated carbocycles. The number of nitrogens with zero attached hydrogens (tertiary/aromatic N) is 2. The van der Waals surface area contributed by atoms with E-state index in [-0.39, 0.29) is 18.1 Å². The van der Waals surface area contributed by atoms with E-state index in [4.69, 9.17) is 0 Å². The maximum absolute atomic E-state index is 13.1. The zero-order chi connectivity index (χ0) is 19.9. The lowest BCUT2D eigenvalue weighted by molar-refractivity contribution is -0.384. The van der Waals surface area contributed by atoms with E-state index in [1.807, 2.05) is 42.5 Å². The summed E-state index contributed by atoms with van der Waals surface area (Å²) in [6.07, 6.45) is 0. The average molecular weight is 375 g/mol. The van der Waals surface area contributed by atoms with Crippen LogP contribution in [0.2, 0.25) is 0 Å². The van der Waals surface area contributed by atoms with Gasteiger partial charge >= 0.3 is 6.03 Å². The van der Waals surface area contributed by atoms with Gasteiger partial charge in [-0.15, -0.1) is 0 Å². The number of fused-ring (bicyclic) bond motifs is 1. The van der Waals surface area contributed by atoms with Crippen LogP contribution in [0, 0.1) is 10.1 Å². The fourth-order valence-corrected chi connectivity index (χ4v) is 3.55. The van der Waals surface area contributed by atoms with E-state index in [0.717, 1.165) is 16.3 Å². The molecule has 0 spiro atoms. The van der Waals surface area contributed by atoms with Gasteiger partial charge in [-0.2, -0.15) is 0 Å². The molecule has 1 atom stereocenters. The van der Waals surface area contributed by atoms with Crippen LogP contribution in [0.15, 0.2) is 66.7 Å². The number of amides is 3. The number of nitrogens with one attached hydrogen (secondary N) is 1. The number of carbonyl (C=O) groups is 2. The quantitative estimate of drug-likeness (QED) is 0.427. The Hall–Kier alpha value is -3.74. The van der Waals surface area contributed by atoms with Gasteiger partial charge in [-0.25, -0.2) is 4.79 Å². The Labute approximate surface area is 160 Å². The van der Waals surface area contributed by atoms with Crippen molar-refractivity contribution < 1.29 is 14.5 Å². The summed E-state index contributed by atoms with van der Waals surface area (Å²) < 4.78 is 0. The van der Waals surface area contributed by atoms with Gasteiger partial charge in [0.2, 0.25) is 0 Å². The van der Waals surface area contributed by atoms with Gasteiger partial charge in [0.05, 0.1) is 11.5 Å². The molecule has 3 aromatic rings. The monoisotopic (exact) mass is 375 g/mol. The van der Waals surface area contributed by atoms with E-state index < -0.39 is 16.5 Å². The molecule has 0 bridgehead atoms. The van der Waals surface area contributed by atoms with Gasteiger partial charge in [-0.05, 0) is 41.0 Å². The van der Waals surface area contributed by atoms with Gasteiger partial charge in [-0.1, -0.05) is 42.5 Å². The lowest BCUT2D eigenvalue weighted by Crippen LogP contribution is -2.40. The first-order chi connectivity index (χ1) is 13.4. The zero-order valence-electron chi connectivity index (χ0n) is 15.1. The molecule has 0 radical (unpaired) electrons. The second kappa shape index (κ2) is 6.45. The predicted octanol–water partition coefficient (Wildman–Crippen LogP) is 3.72. The smallest absolute Gasteiger partial charge is 0.319 e. The van der Waals surface area contributed by atoms with Crippen molar-refractivity contribution in [1.29, 1.82) is 0 Å². The van der Waals surface area contributed by atoms with Crippen molar-refractivity contribution in [3.63, 3.8) is 0 Å². The van der Waals surface area contributed by atoms with E-state index >= 15 is 0 Å². The van der Waals surface area contributed by atoms with Crippen LogP contribution in [0.1, 0.15) is 18.1 Å². The van der Waals surface area contributed by atoms with Gasteiger partial charge in [0.25, 0.3) is 11.6 Å². The highest BCUT2D eigenvalue weighted by Crippen LogP contribution is 2.31. The molecule has 0 aromatic heterocycles. The SMILES string of the molecule is C[C@]1(c2ccc([N+](=O)[O-])cc2)NC(=O)N(Cc2cccc3ccccc23)C1=O. The van der Waals surface area contributed by atoms with Crippen molar-refractivity contribution >= 4 is 28.4 Å². The van der Waals surface area contributed by atoms with Gasteiger partial charge in [0.1, 0.15) is 5.54 Å². The second-order valence-corrected chi connectivity index (χ2v) is 6.89. The molecule has 3 aromatic carbocycles. The van der Waals surface area contributed by atoms with E-state index in [2.05, 4.69) is 5.32 Å². The van der Waals surface area contributed by atoms with Crippen molar-refractivity contribution in [3.05, 3.63) is 88.0 Å². The lowest BCUT2D eigenvalue weighted by atomic mass is 9.91. The molecule has 1 fully saturated rings. The molecule has 1 saturated heterocycles. The number of nitro benzene ring substituents is 1. The highest BCUT2D eigenvalue weighted by Gasteiger charge is 2.49. The Kier molecular flexibility index (Phi) is 4.07. The van der Waals surface area contributed by atoms with Crippen LogP contribution in [-0.4, -0.2) is 21.8 Å². The van der Waals surface area contributed by atoms with Crippen LogP contribution >= 0.6 is 0 Å². The summed E-state index contributed by atoms with van der Waals surface area (Å²) in [5, 5.41) is 15.6. The molecule has 28 heavy (non-hydrogen) atoms. The summed E-state index contributed by atoms with van der Waals surface area (Å²) in [5.74, 6) is -0.390. The topological polar surface area (TPSA) is 92.6 Å². The van der Waals surface area contributed by atoms with Gasteiger partial charge < -0.3 is 5.32 Å². The van der Waals surface area contributed by atoms with Crippen LogP contribution in [0.4, 0.5) is 10.5 Å². The van der Waals surface area contributed by atoms with E-state index in [9.17, 15) is 19.7 Å². The Balaban J connectivity index is 1.66. The number of benzene rings is 3. The summed E-state index contributed by atoms with van der Waals surface area (Å²) in [5.41, 5.74) is 0.0275. The Morgan fingerprint density at radius 3 is 2.39 bits per heavy atom. The second-order valence-electron chi connectivity index (χ2n) is 6.89. The predicted molar refractivity (Wildman–Crippen MR) is 103 cm³/mol. The van der Waals surface area contributed by atoms with Crippen LogP contribution < -0.4 is 5.32 Å². The number of urea groups is 1. The molecular weight excluding hydrogens is 358 g/mol. The molecule has 7 nitrogen and oxygen atoms in total. The van der Waals surface area contributed by atoms with Gasteiger partial charge in [-0.3, -0.25) is 19.8 Å². The Morgan fingerprint density at radius 1 is 1.00 bits per heavy atom. The molecule has 1 N–H and O–H groups in total. The molecule has 140 valence electrons. The molecule has 1 heterocycles. The standard InChI is InChI=1S/C21H17N3O4/c1-21(16-9-11-17(12-10-16)24(27)28)19(25)23(20(26)22-21)13-15-7-4-6-14-5-2-3-8-18(14)15/h2-12H,13H2,1H3,(H,22,26)/t21-/m1/s1. The third kappa shape index (κ3) is 2.77. The number of nitro groups is 1. The highest BCUT2D eigenvalue weighted by atomic mass is 16.6. The lowest BCUT2D eigenvalue weighted by Gasteiger charge is -2.22. The first kappa shape index (κ1) is 17.7. The fourth-order valence-electron chi connectivity index (χ4n) is 3.55. The van der Waals surface area contributed by atoms with Crippen LogP contribution in [0.5, 0.6) is 0 Å². The Bertz CT molecular complexity index is 1100. The normalized spacial score (nSPS) is 19.1. The Morgan fingerprint density at radius 2 is 1.68 bits per heavy atom. The number of rotatable bonds is 4. The van der Waals surface area contributed by atoms with Crippen molar-refractivity contribution in [3.8, 4) is 0 Å². The molecule has 0 unspecified atom stereocenters. The molecule has 1 aliphatic rings. The third-order valence-electron chi connectivity index (χ3n) is 5.14. The zero-order valence-corrected chi connectivity index (χ0v) is 15.1. The maximum atomic E-state index is 13.1. The summed E-state index contributed by atoms with van der Waals surface area (Å²) in [6.45, 7) is 1.76. The molecule has 1 aliphatic heterocycles. The van der Waals surface area contributed by atoms with Gasteiger partial charge in [0.15, 0.2) is 0 Å². The maximum Gasteiger partial charge on any atom is 0.325 e. The highest BCUT2D eigenvalue weighted by molar-refractivity contribution is 6.07. The minimum atomic E-state index is -1.27.